The first-order valence-electron chi connectivity index (χ1n) is 7.33. The van der Waals surface area contributed by atoms with E-state index >= 15 is 0 Å². The van der Waals surface area contributed by atoms with E-state index in [2.05, 4.69) is 16.7 Å². The van der Waals surface area contributed by atoms with Gasteiger partial charge in [-0.05, 0) is 25.4 Å². The molecule has 2 fully saturated rings. The minimum Gasteiger partial charge on any atom is -0.301 e. The number of hydrogen-bond donors (Lipinski definition) is 0. The van der Waals surface area contributed by atoms with Crippen molar-refractivity contribution in [1.82, 2.24) is 9.80 Å². The van der Waals surface area contributed by atoms with Gasteiger partial charge in [-0.1, -0.05) is 39.0 Å². The van der Waals surface area contributed by atoms with Crippen LogP contribution in [-0.4, -0.2) is 49.1 Å². The first kappa shape index (κ1) is 12.4. The van der Waals surface area contributed by atoms with E-state index in [9.17, 15) is 0 Å². The summed E-state index contributed by atoms with van der Waals surface area (Å²) in [4.78, 5) is 5.25. The van der Waals surface area contributed by atoms with Crippen molar-refractivity contribution >= 4 is 0 Å². The number of piperazine rings is 1. The lowest BCUT2D eigenvalue weighted by Gasteiger charge is -2.35. The second-order valence-corrected chi connectivity index (χ2v) is 5.57. The van der Waals surface area contributed by atoms with Crippen LogP contribution in [0.2, 0.25) is 0 Å². The van der Waals surface area contributed by atoms with E-state index < -0.39 is 0 Å². The van der Waals surface area contributed by atoms with Gasteiger partial charge in [0.05, 0.1) is 0 Å². The van der Waals surface area contributed by atoms with Crippen molar-refractivity contribution in [2.75, 3.05) is 39.3 Å². The molecule has 1 heterocycles. The molecule has 0 spiro atoms. The zero-order chi connectivity index (χ0) is 11.2. The first-order chi connectivity index (χ1) is 7.88. The fourth-order valence-corrected chi connectivity index (χ4v) is 3.17. The summed E-state index contributed by atoms with van der Waals surface area (Å²) in [5.74, 6) is 1.05. The van der Waals surface area contributed by atoms with Gasteiger partial charge in [0.2, 0.25) is 0 Å². The largest absolute Gasteiger partial charge is 0.301 e. The molecule has 2 heteroatoms. The Bertz CT molecular complexity index is 179. The van der Waals surface area contributed by atoms with Gasteiger partial charge in [0.15, 0.2) is 0 Å². The molecule has 0 unspecified atom stereocenters. The van der Waals surface area contributed by atoms with Gasteiger partial charge in [0.25, 0.3) is 0 Å². The summed E-state index contributed by atoms with van der Waals surface area (Å²) in [5.41, 5.74) is 0. The van der Waals surface area contributed by atoms with E-state index in [0.29, 0.717) is 0 Å². The Kier molecular flexibility index (Phi) is 5.11. The van der Waals surface area contributed by atoms with Crippen LogP contribution in [0.15, 0.2) is 0 Å². The molecule has 0 atom stereocenters. The predicted octanol–water partition coefficient (Wildman–Crippen LogP) is 2.59. The van der Waals surface area contributed by atoms with Crippen molar-refractivity contribution < 1.29 is 0 Å². The highest BCUT2D eigenvalue weighted by Gasteiger charge is 2.18. The summed E-state index contributed by atoms with van der Waals surface area (Å²) in [7, 11) is 0. The maximum atomic E-state index is 2.68. The number of rotatable bonds is 4. The summed E-state index contributed by atoms with van der Waals surface area (Å²) < 4.78 is 0. The van der Waals surface area contributed by atoms with Gasteiger partial charge in [0.1, 0.15) is 0 Å². The van der Waals surface area contributed by atoms with Crippen LogP contribution in [0.4, 0.5) is 0 Å². The summed E-state index contributed by atoms with van der Waals surface area (Å²) >= 11 is 0. The highest BCUT2D eigenvalue weighted by atomic mass is 15.3. The summed E-state index contributed by atoms with van der Waals surface area (Å²) in [6.45, 7) is 10.1. The van der Waals surface area contributed by atoms with Crippen LogP contribution in [0.3, 0.4) is 0 Å². The number of likely N-dealkylation sites (N-methyl/N-ethyl adjacent to an activating group) is 1. The second kappa shape index (κ2) is 6.61. The summed E-state index contributed by atoms with van der Waals surface area (Å²) in [6.07, 6.45) is 8.96. The van der Waals surface area contributed by atoms with Gasteiger partial charge < -0.3 is 9.80 Å². The zero-order valence-corrected chi connectivity index (χ0v) is 11.0. The lowest BCUT2D eigenvalue weighted by Crippen LogP contribution is -2.46. The quantitative estimate of drug-likeness (QED) is 0.724. The van der Waals surface area contributed by atoms with E-state index in [1.807, 2.05) is 0 Å². The molecule has 2 aliphatic rings. The molecule has 1 aliphatic carbocycles. The lowest BCUT2D eigenvalue weighted by molar-refractivity contribution is 0.128. The van der Waals surface area contributed by atoms with Crippen LogP contribution < -0.4 is 0 Å². The van der Waals surface area contributed by atoms with Gasteiger partial charge in [-0.25, -0.2) is 0 Å². The maximum Gasteiger partial charge on any atom is 0.0110 e. The van der Waals surface area contributed by atoms with E-state index in [-0.39, 0.29) is 0 Å². The smallest absolute Gasteiger partial charge is 0.0110 e. The third-order valence-electron chi connectivity index (χ3n) is 4.49. The maximum absolute atomic E-state index is 2.68. The van der Waals surface area contributed by atoms with Gasteiger partial charge in [0, 0.05) is 26.2 Å². The number of nitrogens with zero attached hydrogens (tertiary/aromatic N) is 2. The molecule has 94 valence electrons. The van der Waals surface area contributed by atoms with Crippen LogP contribution in [0.5, 0.6) is 0 Å². The standard InChI is InChI=1S/C14H28N2/c1-2-15-10-12-16(13-11-15)9-8-14-6-4-3-5-7-14/h14H,2-13H2,1H3. The van der Waals surface area contributed by atoms with Crippen LogP contribution in [0.25, 0.3) is 0 Å². The highest BCUT2D eigenvalue weighted by Crippen LogP contribution is 2.26. The van der Waals surface area contributed by atoms with Crippen LogP contribution in [0.1, 0.15) is 45.4 Å². The van der Waals surface area contributed by atoms with Gasteiger partial charge in [-0.15, -0.1) is 0 Å². The Labute approximate surface area is 101 Å². The van der Waals surface area contributed by atoms with E-state index in [1.54, 1.807) is 0 Å². The van der Waals surface area contributed by atoms with E-state index in [0.717, 1.165) is 5.92 Å². The molecule has 2 nitrogen and oxygen atoms in total. The Morgan fingerprint density at radius 3 is 2.12 bits per heavy atom. The van der Waals surface area contributed by atoms with Crippen molar-refractivity contribution in [3.8, 4) is 0 Å². The van der Waals surface area contributed by atoms with E-state index in [1.165, 1.54) is 77.8 Å². The average Bonchev–Trinajstić information content (AvgIpc) is 2.38. The average molecular weight is 224 g/mol. The molecular weight excluding hydrogens is 196 g/mol. The minimum absolute atomic E-state index is 1.05. The molecular formula is C14H28N2. The summed E-state index contributed by atoms with van der Waals surface area (Å²) in [5, 5.41) is 0. The predicted molar refractivity (Wildman–Crippen MR) is 69.7 cm³/mol. The van der Waals surface area contributed by atoms with Crippen molar-refractivity contribution in [2.24, 2.45) is 5.92 Å². The monoisotopic (exact) mass is 224 g/mol. The molecule has 1 saturated heterocycles. The van der Waals surface area contributed by atoms with Crippen molar-refractivity contribution in [3.63, 3.8) is 0 Å². The van der Waals surface area contributed by atoms with E-state index in [4.69, 9.17) is 0 Å². The molecule has 16 heavy (non-hydrogen) atoms. The topological polar surface area (TPSA) is 6.48 Å². The van der Waals surface area contributed by atoms with Crippen molar-refractivity contribution in [1.29, 1.82) is 0 Å². The Morgan fingerprint density at radius 1 is 0.875 bits per heavy atom. The zero-order valence-electron chi connectivity index (χ0n) is 11.0. The molecule has 0 aromatic rings. The Hall–Kier alpha value is -0.0800. The molecule has 0 aromatic heterocycles. The third kappa shape index (κ3) is 3.74. The molecule has 0 N–H and O–H groups in total. The van der Waals surface area contributed by atoms with Gasteiger partial charge >= 0.3 is 0 Å². The van der Waals surface area contributed by atoms with Crippen LogP contribution >= 0.6 is 0 Å². The Morgan fingerprint density at radius 2 is 1.50 bits per heavy atom. The SMILES string of the molecule is CCN1CCN(CCC2CCCCC2)CC1. The fourth-order valence-electron chi connectivity index (χ4n) is 3.17. The molecule has 0 amide bonds. The molecule has 2 rings (SSSR count). The van der Waals surface area contributed by atoms with Crippen molar-refractivity contribution in [2.45, 2.75) is 45.4 Å². The second-order valence-electron chi connectivity index (χ2n) is 5.57. The highest BCUT2D eigenvalue weighted by molar-refractivity contribution is 4.73. The van der Waals surface area contributed by atoms with Gasteiger partial charge in [-0.2, -0.15) is 0 Å². The lowest BCUT2D eigenvalue weighted by atomic mass is 9.87. The van der Waals surface area contributed by atoms with Crippen LogP contribution in [-0.2, 0) is 0 Å². The van der Waals surface area contributed by atoms with Crippen LogP contribution in [0, 0.1) is 5.92 Å². The molecule has 1 saturated carbocycles. The normalized spacial score (nSPS) is 26.1. The Balaban J connectivity index is 1.59. The molecule has 0 bridgehead atoms. The fraction of sp³-hybridized carbons (Fsp3) is 1.00. The number of hydrogen-bond acceptors (Lipinski definition) is 2. The molecule has 0 radical (unpaired) electrons. The van der Waals surface area contributed by atoms with Crippen molar-refractivity contribution in [3.05, 3.63) is 0 Å². The van der Waals surface area contributed by atoms with Gasteiger partial charge in [-0.3, -0.25) is 0 Å². The minimum atomic E-state index is 1.05. The molecule has 1 aliphatic heterocycles. The summed E-state index contributed by atoms with van der Waals surface area (Å²) in [6, 6.07) is 0. The third-order valence-corrected chi connectivity index (χ3v) is 4.49. The first-order valence-corrected chi connectivity index (χ1v) is 7.33. The molecule has 0 aromatic carbocycles.